The van der Waals surface area contributed by atoms with Gasteiger partial charge in [0.1, 0.15) is 22.9 Å². The Bertz CT molecular complexity index is 1050. The zero-order valence-electron chi connectivity index (χ0n) is 13.7. The molecular weight excluding hydrogens is 334 g/mol. The van der Waals surface area contributed by atoms with Gasteiger partial charge >= 0.3 is 5.63 Å². The molecule has 4 aromatic rings. The van der Waals surface area contributed by atoms with Crippen molar-refractivity contribution >= 4 is 16.9 Å². The second kappa shape index (κ2) is 6.72. The predicted octanol–water partition coefficient (Wildman–Crippen LogP) is 2.60. The molecule has 0 saturated heterocycles. The van der Waals surface area contributed by atoms with E-state index in [1.165, 1.54) is 6.07 Å². The molecule has 0 saturated carbocycles. The van der Waals surface area contributed by atoms with E-state index < -0.39 is 11.5 Å². The minimum absolute atomic E-state index is 0.0395. The number of carbonyl (C=O) groups is 1. The molecule has 7 heteroatoms. The van der Waals surface area contributed by atoms with Crippen LogP contribution in [0.1, 0.15) is 22.2 Å². The molecule has 1 atom stereocenters. The van der Waals surface area contributed by atoms with E-state index in [-0.39, 0.29) is 18.2 Å². The van der Waals surface area contributed by atoms with Gasteiger partial charge in [0.05, 0.1) is 6.26 Å². The number of furan rings is 1. The van der Waals surface area contributed by atoms with Gasteiger partial charge in [-0.15, -0.1) is 0 Å². The fraction of sp³-hybridized carbons (Fsp3) is 0.105. The van der Waals surface area contributed by atoms with Gasteiger partial charge in [-0.25, -0.2) is 4.79 Å². The van der Waals surface area contributed by atoms with Gasteiger partial charge in [0.15, 0.2) is 0 Å². The first-order valence-electron chi connectivity index (χ1n) is 8.06. The molecule has 0 aliphatic heterocycles. The molecule has 3 aromatic heterocycles. The van der Waals surface area contributed by atoms with Crippen molar-refractivity contribution in [1.29, 1.82) is 0 Å². The van der Waals surface area contributed by atoms with Crippen molar-refractivity contribution in [2.45, 2.75) is 6.04 Å². The van der Waals surface area contributed by atoms with Crippen molar-refractivity contribution in [3.63, 3.8) is 0 Å². The van der Waals surface area contributed by atoms with Crippen molar-refractivity contribution in [1.82, 2.24) is 15.1 Å². The number of fused-ring (bicyclic) bond motifs is 1. The van der Waals surface area contributed by atoms with E-state index in [2.05, 4.69) is 10.4 Å². The molecule has 130 valence electrons. The Morgan fingerprint density at radius 3 is 2.85 bits per heavy atom. The minimum atomic E-state index is -0.671. The van der Waals surface area contributed by atoms with E-state index >= 15 is 0 Å². The van der Waals surface area contributed by atoms with Crippen molar-refractivity contribution in [2.24, 2.45) is 0 Å². The van der Waals surface area contributed by atoms with Crippen LogP contribution in [-0.2, 0) is 0 Å². The lowest BCUT2D eigenvalue weighted by atomic mass is 10.1. The molecule has 4 rings (SSSR count). The molecular formula is C19H15N3O4. The van der Waals surface area contributed by atoms with Crippen LogP contribution in [0, 0.1) is 0 Å². The zero-order chi connectivity index (χ0) is 17.9. The lowest BCUT2D eigenvalue weighted by Crippen LogP contribution is -2.33. The number of para-hydroxylation sites is 1. The van der Waals surface area contributed by atoms with E-state index in [1.54, 1.807) is 53.7 Å². The Balaban J connectivity index is 1.58. The molecule has 0 spiro atoms. The summed E-state index contributed by atoms with van der Waals surface area (Å²) < 4.78 is 12.3. The number of hydrogen-bond donors (Lipinski definition) is 1. The summed E-state index contributed by atoms with van der Waals surface area (Å²) in [5.41, 5.74) is -0.267. The lowest BCUT2D eigenvalue weighted by Gasteiger charge is -2.16. The molecule has 0 aliphatic rings. The molecule has 0 unspecified atom stereocenters. The van der Waals surface area contributed by atoms with Gasteiger partial charge in [0.25, 0.3) is 5.91 Å². The number of rotatable bonds is 5. The molecule has 0 bridgehead atoms. The predicted molar refractivity (Wildman–Crippen MR) is 93.9 cm³/mol. The molecule has 0 aliphatic carbocycles. The van der Waals surface area contributed by atoms with E-state index in [0.29, 0.717) is 16.7 Å². The average molecular weight is 349 g/mol. The van der Waals surface area contributed by atoms with E-state index in [4.69, 9.17) is 8.83 Å². The summed E-state index contributed by atoms with van der Waals surface area (Å²) in [7, 11) is 0. The van der Waals surface area contributed by atoms with E-state index in [0.717, 1.165) is 0 Å². The molecule has 26 heavy (non-hydrogen) atoms. The van der Waals surface area contributed by atoms with Crippen LogP contribution in [0.2, 0.25) is 0 Å². The Hall–Kier alpha value is -3.61. The number of nitrogens with one attached hydrogen (secondary N) is 1. The molecule has 1 N–H and O–H groups in total. The first-order chi connectivity index (χ1) is 12.7. The molecule has 1 amide bonds. The third-order valence-corrected chi connectivity index (χ3v) is 4.06. The van der Waals surface area contributed by atoms with Crippen molar-refractivity contribution in [2.75, 3.05) is 6.54 Å². The highest BCUT2D eigenvalue weighted by Crippen LogP contribution is 2.17. The minimum Gasteiger partial charge on any atom is -0.467 e. The first kappa shape index (κ1) is 15.9. The smallest absolute Gasteiger partial charge is 0.349 e. The standard InChI is InChI=1S/C19H15N3O4/c23-18(14-11-13-5-1-2-6-16(13)26-19(14)24)20-12-15(17-7-3-10-25-17)22-9-4-8-21-22/h1-11,15H,12H2,(H,20,23)/t15-/m1/s1. The van der Waals surface area contributed by atoms with Crippen LogP contribution in [0.5, 0.6) is 0 Å². The second-order valence-corrected chi connectivity index (χ2v) is 5.71. The van der Waals surface area contributed by atoms with Crippen molar-refractivity contribution in [3.8, 4) is 0 Å². The molecule has 7 nitrogen and oxygen atoms in total. The number of carbonyl (C=O) groups excluding carboxylic acids is 1. The van der Waals surface area contributed by atoms with Crippen LogP contribution >= 0.6 is 0 Å². The van der Waals surface area contributed by atoms with Crippen molar-refractivity contribution < 1.29 is 13.6 Å². The average Bonchev–Trinajstić information content (AvgIpc) is 3.35. The Morgan fingerprint density at radius 1 is 1.19 bits per heavy atom. The fourth-order valence-corrected chi connectivity index (χ4v) is 2.78. The fourth-order valence-electron chi connectivity index (χ4n) is 2.78. The van der Waals surface area contributed by atoms with Gasteiger partial charge in [-0.1, -0.05) is 18.2 Å². The SMILES string of the molecule is O=C(NC[C@H](c1ccco1)n1cccn1)c1cc2ccccc2oc1=O. The van der Waals surface area contributed by atoms with Gasteiger partial charge in [0, 0.05) is 24.3 Å². The number of hydrogen-bond acceptors (Lipinski definition) is 5. The van der Waals surface area contributed by atoms with Gasteiger partial charge in [0.2, 0.25) is 0 Å². The Kier molecular flexibility index (Phi) is 4.10. The van der Waals surface area contributed by atoms with Gasteiger partial charge in [-0.2, -0.15) is 5.10 Å². The highest BCUT2D eigenvalue weighted by atomic mass is 16.4. The van der Waals surface area contributed by atoms with Gasteiger partial charge < -0.3 is 14.2 Å². The maximum absolute atomic E-state index is 12.5. The summed E-state index contributed by atoms with van der Waals surface area (Å²) >= 11 is 0. The summed E-state index contributed by atoms with van der Waals surface area (Å²) in [4.78, 5) is 24.6. The summed E-state index contributed by atoms with van der Waals surface area (Å²) in [6.07, 6.45) is 4.99. The summed E-state index contributed by atoms with van der Waals surface area (Å²) in [5, 5.41) is 7.66. The third kappa shape index (κ3) is 3.02. The third-order valence-electron chi connectivity index (χ3n) is 4.06. The maximum atomic E-state index is 12.5. The lowest BCUT2D eigenvalue weighted by molar-refractivity contribution is 0.0944. The van der Waals surface area contributed by atoms with Gasteiger partial charge in [-0.05, 0) is 30.3 Å². The maximum Gasteiger partial charge on any atom is 0.349 e. The van der Waals surface area contributed by atoms with Crippen LogP contribution in [0.4, 0.5) is 0 Å². The molecule has 0 radical (unpaired) electrons. The second-order valence-electron chi connectivity index (χ2n) is 5.71. The topological polar surface area (TPSA) is 90.3 Å². The highest BCUT2D eigenvalue weighted by molar-refractivity contribution is 5.96. The molecule has 3 heterocycles. The van der Waals surface area contributed by atoms with Crippen LogP contribution in [0.3, 0.4) is 0 Å². The molecule has 0 fully saturated rings. The largest absolute Gasteiger partial charge is 0.467 e. The number of nitrogens with zero attached hydrogens (tertiary/aromatic N) is 2. The first-order valence-corrected chi connectivity index (χ1v) is 8.06. The van der Waals surface area contributed by atoms with E-state index in [9.17, 15) is 9.59 Å². The highest BCUT2D eigenvalue weighted by Gasteiger charge is 2.20. The van der Waals surface area contributed by atoms with Crippen LogP contribution in [0.25, 0.3) is 11.0 Å². The number of benzene rings is 1. The summed E-state index contributed by atoms with van der Waals surface area (Å²) in [6.45, 7) is 0.209. The van der Waals surface area contributed by atoms with Crippen LogP contribution in [0.15, 0.2) is 80.8 Å². The van der Waals surface area contributed by atoms with Crippen LogP contribution in [-0.4, -0.2) is 22.2 Å². The number of amides is 1. The van der Waals surface area contributed by atoms with Crippen molar-refractivity contribution in [3.05, 3.63) is 88.9 Å². The summed E-state index contributed by atoms with van der Waals surface area (Å²) in [5.74, 6) is 0.146. The normalized spacial score (nSPS) is 12.2. The molecule has 1 aromatic carbocycles. The van der Waals surface area contributed by atoms with Crippen LogP contribution < -0.4 is 10.9 Å². The Morgan fingerprint density at radius 2 is 2.08 bits per heavy atom. The quantitative estimate of drug-likeness (QED) is 0.559. The number of aromatic nitrogens is 2. The Labute approximate surface area is 147 Å². The van der Waals surface area contributed by atoms with Gasteiger partial charge in [-0.3, -0.25) is 9.48 Å². The summed E-state index contributed by atoms with van der Waals surface area (Å²) in [6, 6.07) is 13.6. The van der Waals surface area contributed by atoms with E-state index in [1.807, 2.05) is 12.1 Å². The zero-order valence-corrected chi connectivity index (χ0v) is 13.7. The monoisotopic (exact) mass is 349 g/mol.